The maximum absolute atomic E-state index is 11.6. The van der Waals surface area contributed by atoms with Crippen LogP contribution in [-0.4, -0.2) is 18.2 Å². The SMILES string of the molecule is CCCCC(OCC(=O)OC(C)(C)C)c1ccco1. The predicted octanol–water partition coefficient (Wildman–Crippen LogP) is 3.87. The van der Waals surface area contributed by atoms with E-state index >= 15 is 0 Å². The van der Waals surface area contributed by atoms with Crippen molar-refractivity contribution >= 4 is 5.97 Å². The van der Waals surface area contributed by atoms with Gasteiger partial charge in [-0.25, -0.2) is 4.79 Å². The quantitative estimate of drug-likeness (QED) is 0.704. The number of carbonyl (C=O) groups excluding carboxylic acids is 1. The molecule has 0 bridgehead atoms. The van der Waals surface area contributed by atoms with Crippen molar-refractivity contribution in [1.82, 2.24) is 0 Å². The Morgan fingerprint density at radius 2 is 2.16 bits per heavy atom. The van der Waals surface area contributed by atoms with Gasteiger partial charge in [0.05, 0.1) is 6.26 Å². The van der Waals surface area contributed by atoms with Gasteiger partial charge in [0, 0.05) is 0 Å². The summed E-state index contributed by atoms with van der Waals surface area (Å²) >= 11 is 0. The highest BCUT2D eigenvalue weighted by Crippen LogP contribution is 2.24. The number of hydrogen-bond acceptors (Lipinski definition) is 4. The minimum absolute atomic E-state index is 0.0493. The maximum Gasteiger partial charge on any atom is 0.332 e. The Morgan fingerprint density at radius 1 is 1.42 bits per heavy atom. The largest absolute Gasteiger partial charge is 0.467 e. The molecule has 0 saturated carbocycles. The fourth-order valence-corrected chi connectivity index (χ4v) is 1.71. The summed E-state index contributed by atoms with van der Waals surface area (Å²) < 4.78 is 16.2. The van der Waals surface area contributed by atoms with Gasteiger partial charge in [-0.15, -0.1) is 0 Å². The summed E-state index contributed by atoms with van der Waals surface area (Å²) in [7, 11) is 0. The van der Waals surface area contributed by atoms with Crippen LogP contribution in [0.2, 0.25) is 0 Å². The van der Waals surface area contributed by atoms with Crippen LogP contribution in [0.3, 0.4) is 0 Å². The second kappa shape index (κ2) is 7.34. The van der Waals surface area contributed by atoms with Gasteiger partial charge in [-0.2, -0.15) is 0 Å². The van der Waals surface area contributed by atoms with Crippen molar-refractivity contribution in [3.05, 3.63) is 24.2 Å². The van der Waals surface area contributed by atoms with Crippen LogP contribution in [0.5, 0.6) is 0 Å². The van der Waals surface area contributed by atoms with Crippen molar-refractivity contribution in [2.24, 2.45) is 0 Å². The van der Waals surface area contributed by atoms with Crippen LogP contribution < -0.4 is 0 Å². The van der Waals surface area contributed by atoms with E-state index in [0.717, 1.165) is 25.0 Å². The van der Waals surface area contributed by atoms with Gasteiger partial charge in [-0.3, -0.25) is 0 Å². The van der Waals surface area contributed by atoms with Crippen LogP contribution in [-0.2, 0) is 14.3 Å². The molecule has 0 amide bonds. The molecule has 0 aliphatic rings. The second-order valence-electron chi connectivity index (χ2n) is 5.54. The lowest BCUT2D eigenvalue weighted by atomic mass is 10.1. The third-order valence-electron chi connectivity index (χ3n) is 2.50. The van der Waals surface area contributed by atoms with Gasteiger partial charge >= 0.3 is 5.97 Å². The van der Waals surface area contributed by atoms with Crippen molar-refractivity contribution < 1.29 is 18.7 Å². The summed E-state index contributed by atoms with van der Waals surface area (Å²) in [5.41, 5.74) is -0.482. The lowest BCUT2D eigenvalue weighted by molar-refractivity contribution is -0.162. The fraction of sp³-hybridized carbons (Fsp3) is 0.667. The molecule has 1 rings (SSSR count). The zero-order valence-corrected chi connectivity index (χ0v) is 12.3. The van der Waals surface area contributed by atoms with Crippen molar-refractivity contribution in [2.75, 3.05) is 6.61 Å². The molecule has 0 N–H and O–H groups in total. The summed E-state index contributed by atoms with van der Waals surface area (Å²) in [4.78, 5) is 11.6. The van der Waals surface area contributed by atoms with Gasteiger partial charge in [0.25, 0.3) is 0 Å². The van der Waals surface area contributed by atoms with Crippen LogP contribution in [0.25, 0.3) is 0 Å². The van der Waals surface area contributed by atoms with E-state index in [-0.39, 0.29) is 18.7 Å². The Balaban J connectivity index is 2.47. The Bertz CT molecular complexity index is 362. The normalized spacial score (nSPS) is 13.3. The van der Waals surface area contributed by atoms with Gasteiger partial charge in [0.2, 0.25) is 0 Å². The molecule has 0 saturated heterocycles. The monoisotopic (exact) mass is 268 g/mol. The third kappa shape index (κ3) is 6.43. The number of esters is 1. The van der Waals surface area contributed by atoms with Crippen molar-refractivity contribution in [3.8, 4) is 0 Å². The summed E-state index contributed by atoms with van der Waals surface area (Å²) in [6.45, 7) is 7.59. The van der Waals surface area contributed by atoms with Crippen LogP contribution in [0.4, 0.5) is 0 Å². The molecular formula is C15H24O4. The number of carbonyl (C=O) groups is 1. The molecule has 19 heavy (non-hydrogen) atoms. The van der Waals surface area contributed by atoms with E-state index in [0.29, 0.717) is 0 Å². The first-order chi connectivity index (χ1) is 8.92. The maximum atomic E-state index is 11.6. The van der Waals surface area contributed by atoms with E-state index in [1.807, 2.05) is 32.9 Å². The molecule has 0 aliphatic heterocycles. The van der Waals surface area contributed by atoms with E-state index < -0.39 is 5.60 Å². The number of ether oxygens (including phenoxy) is 2. The van der Waals surface area contributed by atoms with Crippen LogP contribution in [0.15, 0.2) is 22.8 Å². The molecule has 4 heteroatoms. The van der Waals surface area contributed by atoms with E-state index in [1.54, 1.807) is 6.26 Å². The molecule has 1 atom stereocenters. The summed E-state index contributed by atoms with van der Waals surface area (Å²) in [5.74, 6) is 0.414. The predicted molar refractivity (Wildman–Crippen MR) is 72.8 cm³/mol. The molecule has 108 valence electrons. The second-order valence-corrected chi connectivity index (χ2v) is 5.54. The average Bonchev–Trinajstić information content (AvgIpc) is 2.80. The molecule has 1 aromatic heterocycles. The first-order valence-corrected chi connectivity index (χ1v) is 6.79. The topological polar surface area (TPSA) is 48.7 Å². The molecule has 0 radical (unpaired) electrons. The Hall–Kier alpha value is -1.29. The highest BCUT2D eigenvalue weighted by atomic mass is 16.6. The highest BCUT2D eigenvalue weighted by Gasteiger charge is 2.20. The highest BCUT2D eigenvalue weighted by molar-refractivity contribution is 5.71. The van der Waals surface area contributed by atoms with Gasteiger partial charge < -0.3 is 13.9 Å². The first kappa shape index (κ1) is 15.8. The van der Waals surface area contributed by atoms with Crippen LogP contribution in [0.1, 0.15) is 58.8 Å². The number of furan rings is 1. The molecule has 1 heterocycles. The third-order valence-corrected chi connectivity index (χ3v) is 2.50. The Labute approximate surface area is 115 Å². The van der Waals surface area contributed by atoms with Crippen molar-refractivity contribution in [2.45, 2.75) is 58.7 Å². The minimum Gasteiger partial charge on any atom is -0.467 e. The van der Waals surface area contributed by atoms with Gasteiger partial charge in [0.15, 0.2) is 0 Å². The lowest BCUT2D eigenvalue weighted by Gasteiger charge is -2.21. The van der Waals surface area contributed by atoms with Crippen molar-refractivity contribution in [3.63, 3.8) is 0 Å². The Kier molecular flexibility index (Phi) is 6.09. The van der Waals surface area contributed by atoms with Gasteiger partial charge in [-0.05, 0) is 39.3 Å². The average molecular weight is 268 g/mol. The first-order valence-electron chi connectivity index (χ1n) is 6.79. The number of hydrogen-bond donors (Lipinski definition) is 0. The number of rotatable bonds is 7. The molecule has 0 spiro atoms. The molecular weight excluding hydrogens is 244 g/mol. The fourth-order valence-electron chi connectivity index (χ4n) is 1.71. The minimum atomic E-state index is -0.482. The summed E-state index contributed by atoms with van der Waals surface area (Å²) in [6, 6.07) is 3.69. The zero-order valence-electron chi connectivity index (χ0n) is 12.3. The van der Waals surface area contributed by atoms with Crippen molar-refractivity contribution in [1.29, 1.82) is 0 Å². The summed E-state index contributed by atoms with van der Waals surface area (Å²) in [5, 5.41) is 0. The molecule has 4 nitrogen and oxygen atoms in total. The Morgan fingerprint density at radius 3 is 2.68 bits per heavy atom. The van der Waals surface area contributed by atoms with Gasteiger partial charge in [-0.1, -0.05) is 19.8 Å². The van der Waals surface area contributed by atoms with E-state index in [9.17, 15) is 4.79 Å². The molecule has 1 unspecified atom stereocenters. The molecule has 0 fully saturated rings. The standard InChI is InChI=1S/C15H24O4/c1-5-6-8-13(12-9-7-10-17-12)18-11-14(16)19-15(2,3)4/h7,9-10,13H,5-6,8,11H2,1-4H3. The van der Waals surface area contributed by atoms with Gasteiger partial charge in [0.1, 0.15) is 24.1 Å². The zero-order chi connectivity index (χ0) is 14.3. The van der Waals surface area contributed by atoms with Crippen LogP contribution >= 0.6 is 0 Å². The number of unbranched alkanes of at least 4 members (excludes halogenated alkanes) is 1. The molecule has 1 aromatic rings. The lowest BCUT2D eigenvalue weighted by Crippen LogP contribution is -2.27. The van der Waals surface area contributed by atoms with E-state index in [2.05, 4.69) is 6.92 Å². The smallest absolute Gasteiger partial charge is 0.332 e. The van der Waals surface area contributed by atoms with E-state index in [4.69, 9.17) is 13.9 Å². The molecule has 0 aromatic carbocycles. The van der Waals surface area contributed by atoms with E-state index in [1.165, 1.54) is 0 Å². The molecule has 0 aliphatic carbocycles. The van der Waals surface area contributed by atoms with Crippen LogP contribution in [0, 0.1) is 0 Å². The summed E-state index contributed by atoms with van der Waals surface area (Å²) in [6.07, 6.45) is 4.38.